The fraction of sp³-hybridized carbons (Fsp3) is 0.571. The van der Waals surface area contributed by atoms with Crippen molar-refractivity contribution in [3.63, 3.8) is 0 Å². The zero-order valence-electron chi connectivity index (χ0n) is 11.8. The van der Waals surface area contributed by atoms with Gasteiger partial charge in [-0.05, 0) is 49.3 Å². The second-order valence-corrected chi connectivity index (χ2v) is 8.16. The second-order valence-electron chi connectivity index (χ2n) is 5.85. The molecule has 1 saturated heterocycles. The number of sulfonamides is 1. The summed E-state index contributed by atoms with van der Waals surface area (Å²) in [6, 6.07) is 5.17. The third kappa shape index (κ3) is 2.82. The van der Waals surface area contributed by atoms with Crippen LogP contribution in [0.3, 0.4) is 0 Å². The third-order valence-electron chi connectivity index (χ3n) is 4.71. The SMILES string of the molecule is Cc1c(Cl)cccc1S(=O)(=O)N1CC2CCC(N)C2C1.Cl. The minimum Gasteiger partial charge on any atom is -0.327 e. The molecule has 21 heavy (non-hydrogen) atoms. The van der Waals surface area contributed by atoms with Crippen molar-refractivity contribution in [3.05, 3.63) is 28.8 Å². The molecule has 0 radical (unpaired) electrons. The van der Waals surface area contributed by atoms with E-state index in [0.29, 0.717) is 40.4 Å². The largest absolute Gasteiger partial charge is 0.327 e. The van der Waals surface area contributed by atoms with Crippen LogP contribution in [-0.4, -0.2) is 31.9 Å². The average Bonchev–Trinajstić information content (AvgIpc) is 2.96. The molecule has 1 saturated carbocycles. The molecule has 1 aliphatic carbocycles. The van der Waals surface area contributed by atoms with Crippen LogP contribution in [0.4, 0.5) is 0 Å². The predicted octanol–water partition coefficient (Wildman–Crippen LogP) is 2.43. The van der Waals surface area contributed by atoms with Crippen LogP contribution in [0.2, 0.25) is 5.02 Å². The van der Waals surface area contributed by atoms with Crippen LogP contribution >= 0.6 is 24.0 Å². The predicted molar refractivity (Wildman–Crippen MR) is 86.4 cm³/mol. The first-order valence-corrected chi connectivity index (χ1v) is 8.74. The van der Waals surface area contributed by atoms with Gasteiger partial charge in [0.1, 0.15) is 0 Å². The first-order chi connectivity index (χ1) is 9.41. The van der Waals surface area contributed by atoms with E-state index in [4.69, 9.17) is 17.3 Å². The number of nitrogens with two attached hydrogens (primary N) is 1. The van der Waals surface area contributed by atoms with Gasteiger partial charge in [-0.25, -0.2) is 8.42 Å². The molecule has 0 amide bonds. The highest BCUT2D eigenvalue weighted by Gasteiger charge is 2.45. The zero-order chi connectivity index (χ0) is 14.5. The van der Waals surface area contributed by atoms with Crippen LogP contribution in [-0.2, 0) is 10.0 Å². The number of halogens is 2. The van der Waals surface area contributed by atoms with Gasteiger partial charge in [0.15, 0.2) is 0 Å². The first kappa shape index (κ1) is 17.0. The van der Waals surface area contributed by atoms with Gasteiger partial charge in [0, 0.05) is 24.2 Å². The Kier molecular flexibility index (Phi) is 4.90. The third-order valence-corrected chi connectivity index (χ3v) is 7.10. The molecule has 0 spiro atoms. The van der Waals surface area contributed by atoms with Crippen LogP contribution in [0, 0.1) is 18.8 Å². The number of benzene rings is 1. The van der Waals surface area contributed by atoms with Gasteiger partial charge in [-0.2, -0.15) is 4.31 Å². The van der Waals surface area contributed by atoms with Crippen molar-refractivity contribution in [2.75, 3.05) is 13.1 Å². The lowest BCUT2D eigenvalue weighted by Gasteiger charge is -2.20. The first-order valence-electron chi connectivity index (χ1n) is 6.92. The Bertz CT molecular complexity index is 636. The van der Waals surface area contributed by atoms with E-state index >= 15 is 0 Å². The van der Waals surface area contributed by atoms with Crippen molar-refractivity contribution >= 4 is 34.0 Å². The van der Waals surface area contributed by atoms with Crippen molar-refractivity contribution in [3.8, 4) is 0 Å². The number of hydrogen-bond acceptors (Lipinski definition) is 3. The van der Waals surface area contributed by atoms with Gasteiger partial charge in [0.2, 0.25) is 10.0 Å². The van der Waals surface area contributed by atoms with Gasteiger partial charge in [-0.15, -0.1) is 12.4 Å². The molecule has 1 aliphatic heterocycles. The molecule has 0 aromatic heterocycles. The fourth-order valence-electron chi connectivity index (χ4n) is 3.47. The molecule has 118 valence electrons. The summed E-state index contributed by atoms with van der Waals surface area (Å²) in [4.78, 5) is 0.318. The highest BCUT2D eigenvalue weighted by atomic mass is 35.5. The zero-order valence-corrected chi connectivity index (χ0v) is 14.2. The molecule has 3 unspecified atom stereocenters. The lowest BCUT2D eigenvalue weighted by Crippen LogP contribution is -2.33. The maximum Gasteiger partial charge on any atom is 0.243 e. The maximum absolute atomic E-state index is 12.8. The van der Waals surface area contributed by atoms with E-state index in [1.165, 1.54) is 0 Å². The van der Waals surface area contributed by atoms with Gasteiger partial charge in [0.25, 0.3) is 0 Å². The van der Waals surface area contributed by atoms with E-state index < -0.39 is 10.0 Å². The number of rotatable bonds is 2. The van der Waals surface area contributed by atoms with E-state index in [1.807, 2.05) is 0 Å². The minimum absolute atomic E-state index is 0. The minimum atomic E-state index is -3.46. The Morgan fingerprint density at radius 1 is 1.29 bits per heavy atom. The standard InChI is InChI=1S/C14H19ClN2O2S.ClH/c1-9-12(15)3-2-4-14(9)20(18,19)17-7-10-5-6-13(16)11(10)8-17;/h2-4,10-11,13H,5-8,16H2,1H3;1H. The highest BCUT2D eigenvalue weighted by Crippen LogP contribution is 2.39. The van der Waals surface area contributed by atoms with Crippen LogP contribution in [0.15, 0.2) is 23.1 Å². The van der Waals surface area contributed by atoms with Gasteiger partial charge in [0.05, 0.1) is 4.90 Å². The summed E-state index contributed by atoms with van der Waals surface area (Å²) >= 11 is 6.04. The van der Waals surface area contributed by atoms with Gasteiger partial charge < -0.3 is 5.73 Å². The molecule has 7 heteroatoms. The molecule has 2 aliphatic rings. The van der Waals surface area contributed by atoms with Crippen molar-refractivity contribution in [2.45, 2.75) is 30.7 Å². The number of nitrogens with zero attached hydrogens (tertiary/aromatic N) is 1. The maximum atomic E-state index is 12.8. The Morgan fingerprint density at radius 2 is 2.00 bits per heavy atom. The topological polar surface area (TPSA) is 63.4 Å². The molecule has 0 bridgehead atoms. The Balaban J connectivity index is 0.00000161. The number of fused-ring (bicyclic) bond motifs is 1. The second kappa shape index (κ2) is 6.05. The molecular formula is C14H20Cl2N2O2S. The molecule has 1 aromatic rings. The Labute approximate surface area is 137 Å². The summed E-state index contributed by atoms with van der Waals surface area (Å²) < 4.78 is 27.1. The quantitative estimate of drug-likeness (QED) is 0.890. The lowest BCUT2D eigenvalue weighted by atomic mass is 9.98. The molecule has 3 rings (SSSR count). The van der Waals surface area contributed by atoms with E-state index in [1.54, 1.807) is 29.4 Å². The van der Waals surface area contributed by atoms with Gasteiger partial charge in [-0.3, -0.25) is 0 Å². The van der Waals surface area contributed by atoms with E-state index in [0.717, 1.165) is 12.8 Å². The lowest BCUT2D eigenvalue weighted by molar-refractivity contribution is 0.427. The van der Waals surface area contributed by atoms with E-state index in [2.05, 4.69) is 0 Å². The van der Waals surface area contributed by atoms with Crippen LogP contribution in [0.25, 0.3) is 0 Å². The van der Waals surface area contributed by atoms with Crippen molar-refractivity contribution in [1.29, 1.82) is 0 Å². The van der Waals surface area contributed by atoms with E-state index in [9.17, 15) is 8.42 Å². The summed E-state index contributed by atoms with van der Waals surface area (Å²) in [7, 11) is -3.46. The molecule has 1 aromatic carbocycles. The molecule has 4 nitrogen and oxygen atoms in total. The Morgan fingerprint density at radius 3 is 2.67 bits per heavy atom. The molecule has 2 fully saturated rings. The summed E-state index contributed by atoms with van der Waals surface area (Å²) in [6.45, 7) is 2.88. The van der Waals surface area contributed by atoms with Crippen molar-refractivity contribution in [2.24, 2.45) is 17.6 Å². The van der Waals surface area contributed by atoms with Crippen molar-refractivity contribution < 1.29 is 8.42 Å². The summed E-state index contributed by atoms with van der Waals surface area (Å²) in [6.07, 6.45) is 2.05. The van der Waals surface area contributed by atoms with E-state index in [-0.39, 0.29) is 18.4 Å². The molecule has 2 N–H and O–H groups in total. The van der Waals surface area contributed by atoms with Gasteiger partial charge >= 0.3 is 0 Å². The smallest absolute Gasteiger partial charge is 0.243 e. The average molecular weight is 351 g/mol. The summed E-state index contributed by atoms with van der Waals surface area (Å²) in [5, 5.41) is 0.488. The van der Waals surface area contributed by atoms with Gasteiger partial charge in [-0.1, -0.05) is 17.7 Å². The molecule has 3 atom stereocenters. The molecule has 1 heterocycles. The van der Waals surface area contributed by atoms with Crippen LogP contribution < -0.4 is 5.73 Å². The number of hydrogen-bond donors (Lipinski definition) is 1. The summed E-state index contributed by atoms with van der Waals surface area (Å²) in [5.41, 5.74) is 6.70. The Hall–Kier alpha value is -0.330. The fourth-order valence-corrected chi connectivity index (χ4v) is 5.48. The highest BCUT2D eigenvalue weighted by molar-refractivity contribution is 7.89. The van der Waals surface area contributed by atoms with Crippen LogP contribution in [0.1, 0.15) is 18.4 Å². The van der Waals surface area contributed by atoms with Crippen molar-refractivity contribution in [1.82, 2.24) is 4.31 Å². The molecular weight excluding hydrogens is 331 g/mol. The summed E-state index contributed by atoms with van der Waals surface area (Å²) in [5.74, 6) is 0.725. The normalized spacial score (nSPS) is 29.2. The monoisotopic (exact) mass is 350 g/mol. The van der Waals surface area contributed by atoms with Crippen LogP contribution in [0.5, 0.6) is 0 Å².